The predicted molar refractivity (Wildman–Crippen MR) is 93.8 cm³/mol. The van der Waals surface area contributed by atoms with Gasteiger partial charge >= 0.3 is 5.69 Å². The first kappa shape index (κ1) is 17.6. The first-order chi connectivity index (χ1) is 12.3. The molecule has 0 aliphatic rings. The molecule has 0 atom stereocenters. The fourth-order valence-corrected chi connectivity index (χ4v) is 2.63. The zero-order chi connectivity index (χ0) is 19.0. The van der Waals surface area contributed by atoms with Crippen LogP contribution < -0.4 is 10.1 Å². The quantitative estimate of drug-likeness (QED) is 0.519. The second-order valence-corrected chi connectivity index (χ2v) is 5.71. The number of aromatic hydroxyl groups is 1. The van der Waals surface area contributed by atoms with Crippen molar-refractivity contribution < 1.29 is 19.2 Å². The van der Waals surface area contributed by atoms with Gasteiger partial charge < -0.3 is 15.2 Å². The average Bonchev–Trinajstić information content (AvgIpc) is 2.61. The second kappa shape index (κ2) is 6.60. The predicted octanol–water partition coefficient (Wildman–Crippen LogP) is 4.10. The number of aryl methyl sites for hydroxylation is 1. The fourth-order valence-electron chi connectivity index (χ4n) is 2.47. The number of anilines is 2. The zero-order valence-electron chi connectivity index (χ0n) is 13.6. The van der Waals surface area contributed by atoms with Crippen molar-refractivity contribution in [3.05, 3.63) is 51.0 Å². The van der Waals surface area contributed by atoms with Gasteiger partial charge in [0.2, 0.25) is 5.75 Å². The van der Waals surface area contributed by atoms with Crippen LogP contribution in [0.2, 0.25) is 5.02 Å². The van der Waals surface area contributed by atoms with Crippen molar-refractivity contribution >= 4 is 39.7 Å². The van der Waals surface area contributed by atoms with Crippen LogP contribution >= 0.6 is 11.6 Å². The van der Waals surface area contributed by atoms with Gasteiger partial charge in [0.15, 0.2) is 11.6 Å². The Labute approximate surface area is 151 Å². The van der Waals surface area contributed by atoms with Gasteiger partial charge in [-0.1, -0.05) is 17.7 Å². The van der Waals surface area contributed by atoms with Crippen molar-refractivity contribution in [2.24, 2.45) is 0 Å². The molecule has 0 spiro atoms. The third kappa shape index (κ3) is 2.82. The number of nitro groups is 1. The Hall–Kier alpha value is -3.20. The van der Waals surface area contributed by atoms with Crippen molar-refractivity contribution in [2.45, 2.75) is 6.92 Å². The summed E-state index contributed by atoms with van der Waals surface area (Å²) in [5.74, 6) is -1.57. The van der Waals surface area contributed by atoms with Gasteiger partial charge in [0, 0.05) is 6.07 Å². The zero-order valence-corrected chi connectivity index (χ0v) is 14.3. The Morgan fingerprint density at radius 3 is 2.77 bits per heavy atom. The summed E-state index contributed by atoms with van der Waals surface area (Å²) in [7, 11) is 1.26. The number of hydrogen-bond donors (Lipinski definition) is 2. The van der Waals surface area contributed by atoms with Gasteiger partial charge in [-0.25, -0.2) is 14.4 Å². The molecular formula is C16H12ClFN4O4. The van der Waals surface area contributed by atoms with E-state index in [-0.39, 0.29) is 33.2 Å². The van der Waals surface area contributed by atoms with E-state index < -0.39 is 22.2 Å². The number of nitrogens with one attached hydrogen (secondary N) is 1. The lowest BCUT2D eigenvalue weighted by atomic mass is 10.1. The highest BCUT2D eigenvalue weighted by molar-refractivity contribution is 6.31. The number of nitrogens with zero attached hydrogens (tertiary/aromatic N) is 3. The Kier molecular flexibility index (Phi) is 4.47. The molecule has 0 saturated heterocycles. The third-order valence-electron chi connectivity index (χ3n) is 3.77. The Balaban J connectivity index is 2.26. The summed E-state index contributed by atoms with van der Waals surface area (Å²) in [6.07, 6.45) is 1.15. The van der Waals surface area contributed by atoms with E-state index in [1.807, 2.05) is 0 Å². The van der Waals surface area contributed by atoms with Crippen molar-refractivity contribution in [1.29, 1.82) is 0 Å². The van der Waals surface area contributed by atoms with Crippen LogP contribution in [0.3, 0.4) is 0 Å². The molecule has 10 heteroatoms. The summed E-state index contributed by atoms with van der Waals surface area (Å²) in [5, 5.41) is 24.1. The van der Waals surface area contributed by atoms with Crippen LogP contribution in [0.4, 0.5) is 21.6 Å². The lowest BCUT2D eigenvalue weighted by Crippen LogP contribution is -2.02. The Morgan fingerprint density at radius 2 is 2.12 bits per heavy atom. The van der Waals surface area contributed by atoms with Crippen LogP contribution in [0.25, 0.3) is 10.9 Å². The molecule has 8 nitrogen and oxygen atoms in total. The maximum atomic E-state index is 14.4. The highest BCUT2D eigenvalue weighted by Gasteiger charge is 2.27. The SMILES string of the molecule is COc1cc2ncnc(Nc3ccc(C)c(Cl)c3F)c2c([N+](=O)[O-])c1O. The molecule has 1 aromatic heterocycles. The van der Waals surface area contributed by atoms with Gasteiger partial charge in [-0.15, -0.1) is 0 Å². The monoisotopic (exact) mass is 378 g/mol. The summed E-state index contributed by atoms with van der Waals surface area (Å²) < 4.78 is 19.3. The molecule has 2 aromatic carbocycles. The van der Waals surface area contributed by atoms with E-state index in [0.717, 1.165) is 6.33 Å². The highest BCUT2D eigenvalue weighted by atomic mass is 35.5. The fraction of sp³-hybridized carbons (Fsp3) is 0.125. The molecule has 0 amide bonds. The van der Waals surface area contributed by atoms with E-state index in [0.29, 0.717) is 5.56 Å². The molecule has 0 radical (unpaired) electrons. The molecule has 134 valence electrons. The number of fused-ring (bicyclic) bond motifs is 1. The van der Waals surface area contributed by atoms with E-state index >= 15 is 0 Å². The number of benzene rings is 2. The molecule has 1 heterocycles. The summed E-state index contributed by atoms with van der Waals surface area (Å²) in [6, 6.07) is 4.34. The highest BCUT2D eigenvalue weighted by Crippen LogP contribution is 2.44. The molecule has 0 bridgehead atoms. The minimum Gasteiger partial charge on any atom is -0.499 e. The minimum absolute atomic E-state index is 0.0230. The van der Waals surface area contributed by atoms with Gasteiger partial charge in [-0.2, -0.15) is 0 Å². The van der Waals surface area contributed by atoms with Gasteiger partial charge in [0.05, 0.1) is 28.3 Å². The van der Waals surface area contributed by atoms with E-state index in [1.54, 1.807) is 13.0 Å². The smallest absolute Gasteiger partial charge is 0.327 e. The van der Waals surface area contributed by atoms with E-state index in [2.05, 4.69) is 15.3 Å². The number of hydrogen-bond acceptors (Lipinski definition) is 7. The number of nitro benzene ring substituents is 1. The van der Waals surface area contributed by atoms with Crippen LogP contribution in [0.1, 0.15) is 5.56 Å². The lowest BCUT2D eigenvalue weighted by molar-refractivity contribution is -0.384. The molecule has 26 heavy (non-hydrogen) atoms. The molecule has 3 aromatic rings. The Bertz CT molecular complexity index is 1040. The first-order valence-corrected chi connectivity index (χ1v) is 7.63. The standard InChI is InChI=1S/C16H12ClFN4O4/c1-7-3-4-8(13(18)12(7)17)21-16-11-9(19-6-20-16)5-10(26-2)15(23)14(11)22(24)25/h3-6,23H,1-2H3,(H,19,20,21). The number of phenolic OH excluding ortho intramolecular Hbond substituents is 1. The van der Waals surface area contributed by atoms with Crippen LogP contribution in [0, 0.1) is 22.9 Å². The van der Waals surface area contributed by atoms with Crippen molar-refractivity contribution in [2.75, 3.05) is 12.4 Å². The van der Waals surface area contributed by atoms with Gasteiger partial charge in [0.1, 0.15) is 17.5 Å². The molecule has 0 unspecified atom stereocenters. The maximum Gasteiger partial charge on any atom is 0.327 e. The van der Waals surface area contributed by atoms with Crippen LogP contribution in [-0.2, 0) is 0 Å². The number of phenols is 1. The van der Waals surface area contributed by atoms with E-state index in [9.17, 15) is 19.6 Å². The van der Waals surface area contributed by atoms with Gasteiger partial charge in [-0.05, 0) is 18.6 Å². The van der Waals surface area contributed by atoms with Crippen molar-refractivity contribution in [1.82, 2.24) is 9.97 Å². The summed E-state index contributed by atoms with van der Waals surface area (Å²) in [5.41, 5.74) is 0.00404. The normalized spacial score (nSPS) is 10.8. The van der Waals surface area contributed by atoms with Crippen LogP contribution in [0.15, 0.2) is 24.5 Å². The van der Waals surface area contributed by atoms with Crippen molar-refractivity contribution in [3.8, 4) is 11.5 Å². The Morgan fingerprint density at radius 1 is 1.38 bits per heavy atom. The molecule has 0 saturated carbocycles. The summed E-state index contributed by atoms with van der Waals surface area (Å²) >= 11 is 5.90. The van der Waals surface area contributed by atoms with Crippen LogP contribution in [-0.4, -0.2) is 27.1 Å². The maximum absolute atomic E-state index is 14.4. The lowest BCUT2D eigenvalue weighted by Gasteiger charge is -2.12. The molecule has 0 aliphatic heterocycles. The van der Waals surface area contributed by atoms with Crippen molar-refractivity contribution in [3.63, 3.8) is 0 Å². The number of ether oxygens (including phenoxy) is 1. The molecule has 0 fully saturated rings. The largest absolute Gasteiger partial charge is 0.499 e. The average molecular weight is 379 g/mol. The van der Waals surface area contributed by atoms with Gasteiger partial charge in [-0.3, -0.25) is 10.1 Å². The van der Waals surface area contributed by atoms with Gasteiger partial charge in [0.25, 0.3) is 0 Å². The first-order valence-electron chi connectivity index (χ1n) is 7.25. The number of halogens is 2. The molecule has 3 rings (SSSR count). The topological polar surface area (TPSA) is 110 Å². The third-order valence-corrected chi connectivity index (χ3v) is 4.23. The molecular weight excluding hydrogens is 367 g/mol. The molecule has 0 aliphatic carbocycles. The molecule has 2 N–H and O–H groups in total. The summed E-state index contributed by atoms with van der Waals surface area (Å²) in [6.45, 7) is 1.64. The number of methoxy groups -OCH3 is 1. The van der Waals surface area contributed by atoms with E-state index in [4.69, 9.17) is 16.3 Å². The number of rotatable bonds is 4. The van der Waals surface area contributed by atoms with E-state index in [1.165, 1.54) is 19.2 Å². The van der Waals surface area contributed by atoms with Crippen LogP contribution in [0.5, 0.6) is 11.5 Å². The minimum atomic E-state index is -0.785. The number of aromatic nitrogens is 2. The summed E-state index contributed by atoms with van der Waals surface area (Å²) in [4.78, 5) is 18.6. The second-order valence-electron chi connectivity index (χ2n) is 5.33.